The van der Waals surface area contributed by atoms with E-state index in [1.165, 1.54) is 13.2 Å². The van der Waals surface area contributed by atoms with E-state index < -0.39 is 12.1 Å². The Kier molecular flexibility index (Phi) is 5.11. The van der Waals surface area contributed by atoms with Crippen molar-refractivity contribution in [1.29, 1.82) is 0 Å². The molecule has 0 amide bonds. The first-order valence-corrected chi connectivity index (χ1v) is 8.04. The molecule has 2 aliphatic carbocycles. The second-order valence-corrected chi connectivity index (χ2v) is 6.91. The molecular formula is C19H24O5. The SMILES string of the molecule is C=CCC1=C(C)C(OC(=O)C2C(C=CC(=O)OC)C2(C)C)CC1=O. The number of Topliss-reactive ketones (excluding diaryl/α,β-unsaturated/α-hetero) is 1. The number of methoxy groups -OCH3 is 1. The summed E-state index contributed by atoms with van der Waals surface area (Å²) in [6.07, 6.45) is 4.93. The van der Waals surface area contributed by atoms with Gasteiger partial charge in [-0.25, -0.2) is 4.79 Å². The van der Waals surface area contributed by atoms with Gasteiger partial charge in [0.25, 0.3) is 0 Å². The molecule has 0 bridgehead atoms. The summed E-state index contributed by atoms with van der Waals surface area (Å²) in [5.41, 5.74) is 1.24. The van der Waals surface area contributed by atoms with Gasteiger partial charge in [-0.1, -0.05) is 26.0 Å². The summed E-state index contributed by atoms with van der Waals surface area (Å²) in [5, 5.41) is 0. The van der Waals surface area contributed by atoms with E-state index in [4.69, 9.17) is 4.74 Å². The molecule has 0 aromatic heterocycles. The highest BCUT2D eigenvalue weighted by Gasteiger charge is 2.61. The summed E-state index contributed by atoms with van der Waals surface area (Å²) >= 11 is 0. The van der Waals surface area contributed by atoms with Gasteiger partial charge in [0.15, 0.2) is 5.78 Å². The Morgan fingerprint density at radius 3 is 2.62 bits per heavy atom. The van der Waals surface area contributed by atoms with Gasteiger partial charge in [0.1, 0.15) is 6.10 Å². The van der Waals surface area contributed by atoms with E-state index in [2.05, 4.69) is 11.3 Å². The van der Waals surface area contributed by atoms with Crippen molar-refractivity contribution in [2.24, 2.45) is 17.3 Å². The fraction of sp³-hybridized carbons (Fsp3) is 0.526. The van der Waals surface area contributed by atoms with Crippen LogP contribution in [0.4, 0.5) is 0 Å². The zero-order valence-electron chi connectivity index (χ0n) is 14.6. The quantitative estimate of drug-likeness (QED) is 0.425. The smallest absolute Gasteiger partial charge is 0.330 e. The highest BCUT2D eigenvalue weighted by atomic mass is 16.5. The molecule has 3 atom stereocenters. The molecule has 1 saturated carbocycles. The van der Waals surface area contributed by atoms with Gasteiger partial charge in [0, 0.05) is 11.6 Å². The van der Waals surface area contributed by atoms with Crippen LogP contribution in [0.15, 0.2) is 36.0 Å². The fourth-order valence-electron chi connectivity index (χ4n) is 3.36. The molecule has 0 aromatic carbocycles. The minimum atomic E-state index is -0.485. The van der Waals surface area contributed by atoms with Gasteiger partial charge >= 0.3 is 11.9 Å². The van der Waals surface area contributed by atoms with Crippen molar-refractivity contribution >= 4 is 17.7 Å². The monoisotopic (exact) mass is 332 g/mol. The van der Waals surface area contributed by atoms with Crippen LogP contribution >= 0.6 is 0 Å². The van der Waals surface area contributed by atoms with Crippen LogP contribution in [-0.2, 0) is 23.9 Å². The molecule has 5 nitrogen and oxygen atoms in total. The molecule has 0 aromatic rings. The Morgan fingerprint density at radius 1 is 1.38 bits per heavy atom. The fourth-order valence-corrected chi connectivity index (χ4v) is 3.36. The number of hydrogen-bond acceptors (Lipinski definition) is 5. The predicted molar refractivity (Wildman–Crippen MR) is 88.9 cm³/mol. The summed E-state index contributed by atoms with van der Waals surface area (Å²) in [7, 11) is 1.31. The second-order valence-electron chi connectivity index (χ2n) is 6.91. The number of esters is 2. The van der Waals surface area contributed by atoms with Crippen molar-refractivity contribution in [3.8, 4) is 0 Å². The van der Waals surface area contributed by atoms with E-state index >= 15 is 0 Å². The molecule has 0 spiro atoms. The molecule has 2 rings (SSSR count). The number of carbonyl (C=O) groups excluding carboxylic acids is 3. The van der Waals surface area contributed by atoms with Gasteiger partial charge in [-0.2, -0.15) is 0 Å². The molecule has 1 fully saturated rings. The maximum atomic E-state index is 12.5. The average Bonchev–Trinajstić information content (AvgIpc) is 2.99. The lowest BCUT2D eigenvalue weighted by Gasteiger charge is -2.13. The van der Waals surface area contributed by atoms with Crippen LogP contribution in [0.3, 0.4) is 0 Å². The lowest BCUT2D eigenvalue weighted by Crippen LogP contribution is -2.20. The van der Waals surface area contributed by atoms with E-state index in [9.17, 15) is 14.4 Å². The Hall–Kier alpha value is -2.17. The number of ketones is 1. The first kappa shape index (κ1) is 18.2. The van der Waals surface area contributed by atoms with Gasteiger partial charge in [0.05, 0.1) is 19.4 Å². The molecule has 3 unspecified atom stereocenters. The zero-order chi connectivity index (χ0) is 18.1. The highest BCUT2D eigenvalue weighted by Crippen LogP contribution is 2.59. The summed E-state index contributed by atoms with van der Waals surface area (Å²) in [4.78, 5) is 35.7. The molecule has 0 saturated heterocycles. The standard InChI is InChI=1S/C19H24O5/c1-6-7-12-11(2)15(10-14(12)20)24-18(22)17-13(19(17,3)4)8-9-16(21)23-5/h6,8-9,13,15,17H,1,7,10H2,2-5H3. The number of allylic oxidation sites excluding steroid dienone is 3. The lowest BCUT2D eigenvalue weighted by atomic mass is 10.1. The van der Waals surface area contributed by atoms with Gasteiger partial charge in [0.2, 0.25) is 0 Å². The van der Waals surface area contributed by atoms with Crippen LogP contribution in [0.2, 0.25) is 0 Å². The largest absolute Gasteiger partial charge is 0.466 e. The van der Waals surface area contributed by atoms with E-state index in [1.54, 1.807) is 12.2 Å². The van der Waals surface area contributed by atoms with Crippen LogP contribution in [0.25, 0.3) is 0 Å². The van der Waals surface area contributed by atoms with Crippen molar-refractivity contribution in [2.75, 3.05) is 7.11 Å². The van der Waals surface area contributed by atoms with E-state index in [-0.39, 0.29) is 35.4 Å². The second kappa shape index (κ2) is 6.75. The normalized spacial score (nSPS) is 28.2. The van der Waals surface area contributed by atoms with E-state index in [1.807, 2.05) is 20.8 Å². The Bertz CT molecular complexity index is 638. The Balaban J connectivity index is 2.03. The summed E-state index contributed by atoms with van der Waals surface area (Å²) in [6.45, 7) is 9.39. The highest BCUT2D eigenvalue weighted by molar-refractivity contribution is 6.00. The molecule has 0 aliphatic heterocycles. The molecule has 2 aliphatic rings. The average molecular weight is 332 g/mol. The molecular weight excluding hydrogens is 308 g/mol. The number of carbonyl (C=O) groups is 3. The summed E-state index contributed by atoms with van der Waals surface area (Å²) in [5.74, 6) is -1.14. The predicted octanol–water partition coefficient (Wildman–Crippen LogP) is 2.77. The first-order chi connectivity index (χ1) is 11.2. The Morgan fingerprint density at radius 2 is 2.04 bits per heavy atom. The van der Waals surface area contributed by atoms with Gasteiger partial charge < -0.3 is 9.47 Å². The molecule has 130 valence electrons. The Labute approximate surface area is 142 Å². The zero-order valence-corrected chi connectivity index (χ0v) is 14.6. The van der Waals surface area contributed by atoms with Crippen LogP contribution in [-0.4, -0.2) is 30.9 Å². The minimum Gasteiger partial charge on any atom is -0.466 e. The molecule has 0 N–H and O–H groups in total. The third kappa shape index (κ3) is 3.35. The summed E-state index contributed by atoms with van der Waals surface area (Å²) < 4.78 is 10.2. The van der Waals surface area contributed by atoms with Crippen LogP contribution in [0.5, 0.6) is 0 Å². The minimum absolute atomic E-state index is 0.0161. The number of rotatable bonds is 6. The first-order valence-electron chi connectivity index (χ1n) is 8.04. The van der Waals surface area contributed by atoms with Gasteiger partial charge in [-0.3, -0.25) is 9.59 Å². The molecule has 5 heteroatoms. The third-order valence-corrected chi connectivity index (χ3v) is 5.08. The van der Waals surface area contributed by atoms with Crippen LogP contribution in [0, 0.1) is 17.3 Å². The summed E-state index contributed by atoms with van der Waals surface area (Å²) in [6, 6.07) is 0. The van der Waals surface area contributed by atoms with Gasteiger partial charge in [-0.05, 0) is 30.3 Å². The molecule has 24 heavy (non-hydrogen) atoms. The van der Waals surface area contributed by atoms with Crippen molar-refractivity contribution in [3.63, 3.8) is 0 Å². The lowest BCUT2D eigenvalue weighted by molar-refractivity contribution is -0.150. The number of hydrogen-bond donors (Lipinski definition) is 0. The molecule has 0 radical (unpaired) electrons. The molecule has 0 heterocycles. The maximum absolute atomic E-state index is 12.5. The van der Waals surface area contributed by atoms with E-state index in [0.29, 0.717) is 12.0 Å². The topological polar surface area (TPSA) is 69.7 Å². The van der Waals surface area contributed by atoms with Crippen LogP contribution < -0.4 is 0 Å². The van der Waals surface area contributed by atoms with Crippen molar-refractivity contribution < 1.29 is 23.9 Å². The number of ether oxygens (including phenoxy) is 2. The van der Waals surface area contributed by atoms with E-state index in [0.717, 1.165) is 5.57 Å². The van der Waals surface area contributed by atoms with Crippen molar-refractivity contribution in [3.05, 3.63) is 36.0 Å². The van der Waals surface area contributed by atoms with Crippen LogP contribution in [0.1, 0.15) is 33.6 Å². The van der Waals surface area contributed by atoms with Gasteiger partial charge in [-0.15, -0.1) is 6.58 Å². The maximum Gasteiger partial charge on any atom is 0.330 e. The van der Waals surface area contributed by atoms with Crippen molar-refractivity contribution in [1.82, 2.24) is 0 Å². The third-order valence-electron chi connectivity index (χ3n) is 5.08. The van der Waals surface area contributed by atoms with Crippen molar-refractivity contribution in [2.45, 2.75) is 39.7 Å².